The Hall–Kier alpha value is -0.270. The normalized spacial score (nSPS) is 13.3. The highest BCUT2D eigenvalue weighted by molar-refractivity contribution is 9.11. The number of nitrogens with one attached hydrogen (secondary N) is 1. The molecule has 1 aromatic carbocycles. The lowest BCUT2D eigenvalue weighted by Gasteiger charge is -2.17. The zero-order chi connectivity index (χ0) is 15.3. The van der Waals surface area contributed by atoms with Gasteiger partial charge in [0.15, 0.2) is 0 Å². The first kappa shape index (κ1) is 17.8. The Labute approximate surface area is 133 Å². The predicted octanol–water partition coefficient (Wildman–Crippen LogP) is 5.04. The second-order valence-corrected chi connectivity index (χ2v) is 6.13. The summed E-state index contributed by atoms with van der Waals surface area (Å²) in [6, 6.07) is 3.05. The second-order valence-electron chi connectivity index (χ2n) is 4.42. The fourth-order valence-electron chi connectivity index (χ4n) is 1.71. The molecular formula is C13H16Br2F3NO. The molecule has 1 atom stereocenters. The smallest absolute Gasteiger partial charge is 0.390 e. The van der Waals surface area contributed by atoms with Gasteiger partial charge < -0.3 is 10.1 Å². The number of hydrogen-bond donors (Lipinski definition) is 1. The van der Waals surface area contributed by atoms with Crippen LogP contribution in [0.25, 0.3) is 0 Å². The molecule has 20 heavy (non-hydrogen) atoms. The summed E-state index contributed by atoms with van der Waals surface area (Å²) in [5.74, 6) is 0.694. The number of rotatable bonds is 6. The Bertz CT molecular complexity index is 429. The van der Waals surface area contributed by atoms with E-state index in [9.17, 15) is 13.2 Å². The first-order chi connectivity index (χ1) is 9.23. The zero-order valence-electron chi connectivity index (χ0n) is 11.2. The van der Waals surface area contributed by atoms with Gasteiger partial charge in [-0.1, -0.05) is 0 Å². The molecule has 2 nitrogen and oxygen atoms in total. The first-order valence-electron chi connectivity index (χ1n) is 6.13. The summed E-state index contributed by atoms with van der Waals surface area (Å²) in [6.07, 6.45) is -4.99. The predicted molar refractivity (Wildman–Crippen MR) is 80.0 cm³/mol. The summed E-state index contributed by atoms with van der Waals surface area (Å²) in [6.45, 7) is 4.30. The van der Waals surface area contributed by atoms with Crippen LogP contribution < -0.4 is 10.1 Å². The van der Waals surface area contributed by atoms with E-state index in [2.05, 4.69) is 37.2 Å². The molecule has 114 valence electrons. The van der Waals surface area contributed by atoms with E-state index in [0.717, 1.165) is 14.5 Å². The van der Waals surface area contributed by atoms with Crippen LogP contribution in [0.4, 0.5) is 13.2 Å². The van der Waals surface area contributed by atoms with Crippen molar-refractivity contribution in [2.45, 2.75) is 39.0 Å². The van der Waals surface area contributed by atoms with Crippen molar-refractivity contribution in [3.8, 4) is 5.75 Å². The molecule has 0 aliphatic carbocycles. The molecule has 1 rings (SSSR count). The number of alkyl halides is 3. The molecule has 0 aromatic heterocycles. The van der Waals surface area contributed by atoms with E-state index < -0.39 is 18.6 Å². The molecule has 0 heterocycles. The Kier molecular flexibility index (Phi) is 6.81. The van der Waals surface area contributed by atoms with Crippen LogP contribution in [0.15, 0.2) is 21.1 Å². The van der Waals surface area contributed by atoms with E-state index in [-0.39, 0.29) is 0 Å². The van der Waals surface area contributed by atoms with Gasteiger partial charge in [0, 0.05) is 12.6 Å². The molecule has 0 radical (unpaired) electrons. The average Bonchev–Trinajstić information content (AvgIpc) is 2.29. The Morgan fingerprint density at radius 3 is 2.25 bits per heavy atom. The van der Waals surface area contributed by atoms with Crippen molar-refractivity contribution in [2.24, 2.45) is 0 Å². The van der Waals surface area contributed by atoms with Gasteiger partial charge in [-0.3, -0.25) is 0 Å². The van der Waals surface area contributed by atoms with Crippen LogP contribution in [0, 0.1) is 0 Å². The van der Waals surface area contributed by atoms with Crippen molar-refractivity contribution in [2.75, 3.05) is 6.61 Å². The number of hydrogen-bond acceptors (Lipinski definition) is 2. The van der Waals surface area contributed by atoms with Crippen molar-refractivity contribution in [3.05, 3.63) is 26.6 Å². The molecule has 0 amide bonds. The van der Waals surface area contributed by atoms with E-state index in [0.29, 0.717) is 18.9 Å². The highest BCUT2D eigenvalue weighted by Crippen LogP contribution is 2.34. The van der Waals surface area contributed by atoms with Gasteiger partial charge in [0.1, 0.15) is 5.75 Å². The quantitative estimate of drug-likeness (QED) is 0.698. The monoisotopic (exact) mass is 417 g/mol. The van der Waals surface area contributed by atoms with Gasteiger partial charge in [-0.15, -0.1) is 0 Å². The highest BCUT2D eigenvalue weighted by Gasteiger charge is 2.29. The summed E-state index contributed by atoms with van der Waals surface area (Å²) >= 11 is 6.78. The summed E-state index contributed by atoms with van der Waals surface area (Å²) in [5, 5.41) is 2.86. The third-order valence-corrected chi connectivity index (χ3v) is 3.72. The van der Waals surface area contributed by atoms with Gasteiger partial charge in [-0.2, -0.15) is 13.2 Å². The summed E-state index contributed by atoms with van der Waals surface area (Å²) in [7, 11) is 0. The molecule has 0 saturated heterocycles. The van der Waals surface area contributed by atoms with Crippen LogP contribution in [0.3, 0.4) is 0 Å². The standard InChI is InChI=1S/C13H16Br2F3NO/c1-3-20-12-10(14)4-9(5-11(12)15)7-19-8(2)6-13(16,17)18/h4-5,8,19H,3,6-7H2,1-2H3. The maximum Gasteiger partial charge on any atom is 0.390 e. The number of ether oxygens (including phenoxy) is 1. The molecule has 0 saturated carbocycles. The first-order valence-corrected chi connectivity index (χ1v) is 7.72. The van der Waals surface area contributed by atoms with Gasteiger partial charge in [-0.25, -0.2) is 0 Å². The van der Waals surface area contributed by atoms with Gasteiger partial charge >= 0.3 is 6.18 Å². The fraction of sp³-hybridized carbons (Fsp3) is 0.538. The molecule has 0 spiro atoms. The van der Waals surface area contributed by atoms with Crippen molar-refractivity contribution in [3.63, 3.8) is 0 Å². The summed E-state index contributed by atoms with van der Waals surface area (Å²) in [4.78, 5) is 0. The zero-order valence-corrected chi connectivity index (χ0v) is 14.3. The molecule has 1 N–H and O–H groups in total. The molecule has 1 unspecified atom stereocenters. The van der Waals surface area contributed by atoms with E-state index >= 15 is 0 Å². The van der Waals surface area contributed by atoms with Crippen molar-refractivity contribution < 1.29 is 17.9 Å². The average molecular weight is 419 g/mol. The topological polar surface area (TPSA) is 21.3 Å². The minimum Gasteiger partial charge on any atom is -0.492 e. The Morgan fingerprint density at radius 1 is 1.25 bits per heavy atom. The van der Waals surface area contributed by atoms with Crippen molar-refractivity contribution in [1.82, 2.24) is 5.32 Å². The van der Waals surface area contributed by atoms with Gasteiger partial charge in [0.05, 0.1) is 22.0 Å². The van der Waals surface area contributed by atoms with Gasteiger partial charge in [0.2, 0.25) is 0 Å². The van der Waals surface area contributed by atoms with Crippen LogP contribution in [0.1, 0.15) is 25.8 Å². The molecule has 1 aromatic rings. The molecule has 7 heteroatoms. The minimum atomic E-state index is -4.15. The third-order valence-electron chi connectivity index (χ3n) is 2.54. The number of benzene rings is 1. The lowest BCUT2D eigenvalue weighted by Crippen LogP contribution is -2.30. The number of halogens is 5. The third kappa shape index (κ3) is 6.01. The van der Waals surface area contributed by atoms with Crippen LogP contribution in [0.5, 0.6) is 5.75 Å². The molecule has 0 bridgehead atoms. The largest absolute Gasteiger partial charge is 0.492 e. The van der Waals surface area contributed by atoms with Gasteiger partial charge in [0.25, 0.3) is 0 Å². The molecule has 0 aliphatic rings. The van der Waals surface area contributed by atoms with Crippen LogP contribution in [-0.4, -0.2) is 18.8 Å². The molecular weight excluding hydrogens is 403 g/mol. The fourth-order valence-corrected chi connectivity index (χ4v) is 3.22. The Morgan fingerprint density at radius 2 is 1.80 bits per heavy atom. The maximum atomic E-state index is 12.2. The van der Waals surface area contributed by atoms with E-state index in [1.54, 1.807) is 0 Å². The molecule has 0 fully saturated rings. The van der Waals surface area contributed by atoms with Crippen molar-refractivity contribution in [1.29, 1.82) is 0 Å². The van der Waals surface area contributed by atoms with E-state index in [1.807, 2.05) is 19.1 Å². The van der Waals surface area contributed by atoms with Crippen molar-refractivity contribution >= 4 is 31.9 Å². The Balaban J connectivity index is 2.65. The van der Waals surface area contributed by atoms with E-state index in [4.69, 9.17) is 4.74 Å². The SMILES string of the molecule is CCOc1c(Br)cc(CNC(C)CC(F)(F)F)cc1Br. The van der Waals surface area contributed by atoms with Gasteiger partial charge in [-0.05, 0) is 63.4 Å². The lowest BCUT2D eigenvalue weighted by molar-refractivity contribution is -0.139. The lowest BCUT2D eigenvalue weighted by atomic mass is 10.2. The summed E-state index contributed by atoms with van der Waals surface area (Å²) in [5.41, 5.74) is 0.876. The second kappa shape index (κ2) is 7.66. The maximum absolute atomic E-state index is 12.2. The minimum absolute atomic E-state index is 0.362. The highest BCUT2D eigenvalue weighted by atomic mass is 79.9. The van der Waals surface area contributed by atoms with Crippen LogP contribution >= 0.6 is 31.9 Å². The summed E-state index contributed by atoms with van der Waals surface area (Å²) < 4.78 is 43.7. The molecule has 0 aliphatic heterocycles. The van der Waals surface area contributed by atoms with Crippen LogP contribution in [-0.2, 0) is 6.54 Å². The van der Waals surface area contributed by atoms with Crippen LogP contribution in [0.2, 0.25) is 0 Å². The van der Waals surface area contributed by atoms with E-state index in [1.165, 1.54) is 6.92 Å².